The van der Waals surface area contributed by atoms with Crippen molar-refractivity contribution in [2.75, 3.05) is 20.5 Å². The number of hydrogen-bond acceptors (Lipinski definition) is 9. The number of ether oxygens (including phenoxy) is 5. The van der Waals surface area contributed by atoms with E-state index in [0.29, 0.717) is 55.2 Å². The van der Waals surface area contributed by atoms with Gasteiger partial charge in [0.1, 0.15) is 6.61 Å². The van der Waals surface area contributed by atoms with E-state index in [4.69, 9.17) is 35.3 Å². The Balaban J connectivity index is 1.34. The second-order valence-electron chi connectivity index (χ2n) is 9.74. The molecule has 0 spiro atoms. The van der Waals surface area contributed by atoms with Gasteiger partial charge in [0.05, 0.1) is 35.6 Å². The van der Waals surface area contributed by atoms with Crippen LogP contribution in [-0.4, -0.2) is 31.0 Å². The van der Waals surface area contributed by atoms with Crippen molar-refractivity contribution >= 4 is 35.0 Å². The molecule has 0 N–H and O–H groups in total. The van der Waals surface area contributed by atoms with E-state index >= 15 is 0 Å². The summed E-state index contributed by atoms with van der Waals surface area (Å²) >= 11 is 7.38. The molecular weight excluding hydrogens is 592 g/mol. The van der Waals surface area contributed by atoms with Crippen LogP contribution in [0, 0.1) is 0 Å². The molecule has 3 heterocycles. The lowest BCUT2D eigenvalue weighted by molar-refractivity contribution is -0.139. The fraction of sp³-hybridized carbons (Fsp3) is 0.219. The van der Waals surface area contributed by atoms with Gasteiger partial charge in [-0.25, -0.2) is 9.79 Å². The van der Waals surface area contributed by atoms with Gasteiger partial charge in [0, 0.05) is 5.02 Å². The molecule has 0 saturated carbocycles. The van der Waals surface area contributed by atoms with Crippen LogP contribution >= 0.6 is 22.9 Å². The molecular formula is C32H27ClN2O7S. The van der Waals surface area contributed by atoms with Crippen LogP contribution in [0.3, 0.4) is 0 Å². The molecule has 4 aromatic rings. The molecule has 6 rings (SSSR count). The van der Waals surface area contributed by atoms with Crippen molar-refractivity contribution in [3.05, 3.63) is 113 Å². The average Bonchev–Trinajstić information content (AvgIpc) is 3.59. The molecule has 0 saturated heterocycles. The van der Waals surface area contributed by atoms with Crippen LogP contribution in [0.1, 0.15) is 36.6 Å². The highest BCUT2D eigenvalue weighted by Gasteiger charge is 2.33. The monoisotopic (exact) mass is 618 g/mol. The van der Waals surface area contributed by atoms with E-state index < -0.39 is 12.0 Å². The lowest BCUT2D eigenvalue weighted by Crippen LogP contribution is -2.39. The maximum Gasteiger partial charge on any atom is 0.338 e. The molecule has 0 aliphatic carbocycles. The summed E-state index contributed by atoms with van der Waals surface area (Å²) < 4.78 is 29.8. The minimum Gasteiger partial charge on any atom is -0.493 e. The average molecular weight is 619 g/mol. The molecule has 1 aromatic heterocycles. The summed E-state index contributed by atoms with van der Waals surface area (Å²) in [6, 6.07) is 17.5. The Kier molecular flexibility index (Phi) is 7.96. The number of thiazole rings is 1. The van der Waals surface area contributed by atoms with Gasteiger partial charge in [-0.3, -0.25) is 9.36 Å². The van der Waals surface area contributed by atoms with E-state index in [1.165, 1.54) is 11.3 Å². The third-order valence-electron chi connectivity index (χ3n) is 7.02. The smallest absolute Gasteiger partial charge is 0.338 e. The van der Waals surface area contributed by atoms with Crippen LogP contribution in [0.4, 0.5) is 0 Å². The summed E-state index contributed by atoms with van der Waals surface area (Å²) in [5.74, 6) is 1.95. The first-order valence-electron chi connectivity index (χ1n) is 13.5. The molecule has 0 fully saturated rings. The molecule has 1 atom stereocenters. The van der Waals surface area contributed by atoms with Gasteiger partial charge in [0.15, 0.2) is 27.8 Å². The SMILES string of the molecule is CCOC(=O)C1=C(C)N=c2s/c(=C\c3ccc(OCc4ccc5c(c4)OCO5)c(OC)c3)c(=O)n2[C@H]1c1ccc(Cl)cc1. The Morgan fingerprint density at radius 2 is 1.88 bits per heavy atom. The number of nitrogens with zero attached hydrogens (tertiary/aromatic N) is 2. The molecule has 11 heteroatoms. The maximum absolute atomic E-state index is 13.9. The predicted molar refractivity (Wildman–Crippen MR) is 162 cm³/mol. The zero-order valence-corrected chi connectivity index (χ0v) is 25.2. The lowest BCUT2D eigenvalue weighted by atomic mass is 9.96. The quantitative estimate of drug-likeness (QED) is 0.263. The molecule has 0 bridgehead atoms. The van der Waals surface area contributed by atoms with Gasteiger partial charge in [0.2, 0.25) is 6.79 Å². The van der Waals surface area contributed by atoms with Gasteiger partial charge in [-0.2, -0.15) is 0 Å². The third kappa shape index (κ3) is 5.63. The molecule has 9 nitrogen and oxygen atoms in total. The number of hydrogen-bond donors (Lipinski definition) is 0. The molecule has 2 aliphatic rings. The van der Waals surface area contributed by atoms with Gasteiger partial charge >= 0.3 is 5.97 Å². The normalized spacial score (nSPS) is 15.6. The number of benzene rings is 3. The number of allylic oxidation sites excluding steroid dienone is 1. The summed E-state index contributed by atoms with van der Waals surface area (Å²) in [4.78, 5) is 32.0. The molecule has 0 radical (unpaired) electrons. The van der Waals surface area contributed by atoms with Crippen LogP contribution in [0.15, 0.2) is 81.7 Å². The van der Waals surface area contributed by atoms with E-state index in [-0.39, 0.29) is 19.0 Å². The van der Waals surface area contributed by atoms with Crippen molar-refractivity contribution in [1.29, 1.82) is 0 Å². The highest BCUT2D eigenvalue weighted by atomic mass is 35.5. The topological polar surface area (TPSA) is 97.6 Å². The molecule has 220 valence electrons. The van der Waals surface area contributed by atoms with Gasteiger partial charge < -0.3 is 23.7 Å². The molecule has 0 amide bonds. The van der Waals surface area contributed by atoms with Crippen LogP contribution in [-0.2, 0) is 16.1 Å². The van der Waals surface area contributed by atoms with Crippen LogP contribution in [0.5, 0.6) is 23.0 Å². The molecule has 2 aliphatic heterocycles. The largest absolute Gasteiger partial charge is 0.493 e. The zero-order chi connectivity index (χ0) is 30.1. The summed E-state index contributed by atoms with van der Waals surface area (Å²) in [5.41, 5.74) is 2.91. The first-order valence-corrected chi connectivity index (χ1v) is 14.7. The lowest BCUT2D eigenvalue weighted by Gasteiger charge is -2.24. The maximum atomic E-state index is 13.9. The summed E-state index contributed by atoms with van der Waals surface area (Å²) in [5, 5.41) is 0.548. The van der Waals surface area contributed by atoms with Crippen LogP contribution in [0.2, 0.25) is 5.02 Å². The van der Waals surface area contributed by atoms with Crippen molar-refractivity contribution in [3.8, 4) is 23.0 Å². The van der Waals surface area contributed by atoms with E-state index in [1.807, 2.05) is 24.3 Å². The van der Waals surface area contributed by atoms with Crippen molar-refractivity contribution in [2.24, 2.45) is 4.99 Å². The Morgan fingerprint density at radius 3 is 2.65 bits per heavy atom. The number of methoxy groups -OCH3 is 1. The number of esters is 1. The predicted octanol–water partition coefficient (Wildman–Crippen LogP) is 4.77. The van der Waals surface area contributed by atoms with Crippen molar-refractivity contribution in [1.82, 2.24) is 4.57 Å². The van der Waals surface area contributed by atoms with E-state index in [1.54, 1.807) is 68.0 Å². The second kappa shape index (κ2) is 12.0. The zero-order valence-electron chi connectivity index (χ0n) is 23.6. The van der Waals surface area contributed by atoms with Gasteiger partial charge in [-0.1, -0.05) is 47.2 Å². The third-order valence-corrected chi connectivity index (χ3v) is 8.25. The molecule has 0 unspecified atom stereocenters. The van der Waals surface area contributed by atoms with Crippen molar-refractivity contribution in [2.45, 2.75) is 26.5 Å². The van der Waals surface area contributed by atoms with Crippen LogP contribution < -0.4 is 33.8 Å². The minimum absolute atomic E-state index is 0.200. The molecule has 3 aromatic carbocycles. The Bertz CT molecular complexity index is 1930. The number of halogens is 1. The van der Waals surface area contributed by atoms with E-state index in [2.05, 4.69) is 4.99 Å². The highest BCUT2D eigenvalue weighted by molar-refractivity contribution is 7.07. The standard InChI is InChI=1S/C32H27ClN2O7S/c1-4-39-31(37)28-18(2)34-32-35(29(28)21-7-9-22(33)10-8-21)30(36)27(43-32)15-19-5-11-23(25(13-19)38-3)40-16-20-6-12-24-26(14-20)42-17-41-24/h5-15,29H,4,16-17H2,1-3H3/b27-15-/t29-/m0/s1. The Labute approximate surface area is 255 Å². The summed E-state index contributed by atoms with van der Waals surface area (Å²) in [7, 11) is 1.56. The first-order chi connectivity index (χ1) is 20.9. The Hall–Kier alpha value is -4.54. The van der Waals surface area contributed by atoms with Crippen molar-refractivity contribution in [3.63, 3.8) is 0 Å². The van der Waals surface area contributed by atoms with Gasteiger partial charge in [-0.15, -0.1) is 0 Å². The number of aromatic nitrogens is 1. The number of rotatable bonds is 8. The van der Waals surface area contributed by atoms with Crippen molar-refractivity contribution < 1.29 is 28.5 Å². The van der Waals surface area contributed by atoms with E-state index in [0.717, 1.165) is 16.7 Å². The fourth-order valence-electron chi connectivity index (χ4n) is 4.99. The number of fused-ring (bicyclic) bond motifs is 2. The van der Waals surface area contributed by atoms with Crippen LogP contribution in [0.25, 0.3) is 6.08 Å². The van der Waals surface area contributed by atoms with Gasteiger partial charge in [0.25, 0.3) is 5.56 Å². The van der Waals surface area contributed by atoms with Gasteiger partial charge in [-0.05, 0) is 73.0 Å². The highest BCUT2D eigenvalue weighted by Crippen LogP contribution is 2.34. The second-order valence-corrected chi connectivity index (χ2v) is 11.2. The minimum atomic E-state index is -0.712. The number of carbonyl (C=O) groups is 1. The first kappa shape index (κ1) is 28.6. The summed E-state index contributed by atoms with van der Waals surface area (Å²) in [6.45, 7) is 4.20. The fourth-order valence-corrected chi connectivity index (χ4v) is 6.16. The van der Waals surface area contributed by atoms with E-state index in [9.17, 15) is 9.59 Å². The number of carbonyl (C=O) groups excluding carboxylic acids is 1. The Morgan fingerprint density at radius 1 is 1.09 bits per heavy atom. The molecule has 43 heavy (non-hydrogen) atoms. The summed E-state index contributed by atoms with van der Waals surface area (Å²) in [6.07, 6.45) is 1.77.